The van der Waals surface area contributed by atoms with Crippen LogP contribution in [0.4, 0.5) is 17.6 Å². The maximum Gasteiger partial charge on any atom is 0.418 e. The van der Waals surface area contributed by atoms with Crippen molar-refractivity contribution in [3.05, 3.63) is 0 Å². The molecule has 0 atom stereocenters. The van der Waals surface area contributed by atoms with E-state index in [1.54, 1.807) is 0 Å². The summed E-state index contributed by atoms with van der Waals surface area (Å²) in [7, 11) is 0. The van der Waals surface area contributed by atoms with Crippen LogP contribution >= 0.6 is 23.2 Å². The third-order valence-electron chi connectivity index (χ3n) is 0.648. The second-order valence-electron chi connectivity index (χ2n) is 1.67. The van der Waals surface area contributed by atoms with Crippen LogP contribution in [0.2, 0.25) is 0 Å². The Labute approximate surface area is 107 Å². The summed E-state index contributed by atoms with van der Waals surface area (Å²) >= 11 is 8.06. The van der Waals surface area contributed by atoms with Crippen LogP contribution in [0.1, 0.15) is 0 Å². The van der Waals surface area contributed by atoms with Gasteiger partial charge in [-0.2, -0.15) is 17.6 Å². The molecule has 0 aliphatic carbocycles. The standard InChI is InChI=1S/C4Cl2F4O3.Na/c5-3(7,8)1(11)13-2(12)4(6,9)10;. The van der Waals surface area contributed by atoms with E-state index >= 15 is 0 Å². The first-order valence-electron chi connectivity index (χ1n) is 2.45. The number of esters is 2. The van der Waals surface area contributed by atoms with Gasteiger partial charge in [0.25, 0.3) is 0 Å². The zero-order valence-corrected chi connectivity index (χ0v) is 10.0. The number of carbonyl (C=O) groups is 2. The molecule has 14 heavy (non-hydrogen) atoms. The molecule has 0 rings (SSSR count). The minimum atomic E-state index is -4.54. The summed E-state index contributed by atoms with van der Waals surface area (Å²) in [5.74, 6) is -5.22. The van der Waals surface area contributed by atoms with Gasteiger partial charge in [0.2, 0.25) is 0 Å². The van der Waals surface area contributed by atoms with E-state index in [4.69, 9.17) is 0 Å². The number of carbonyl (C=O) groups excluding carboxylic acids is 2. The third-order valence-corrected chi connectivity index (χ3v) is 0.957. The fraction of sp³-hybridized carbons (Fsp3) is 0.500. The SMILES string of the molecule is O=C(OC(=O)C(F)(F)Cl)C(F)(F)Cl.[Na]. The smallest absolute Gasteiger partial charge is 0.382 e. The van der Waals surface area contributed by atoms with Crippen LogP contribution in [0.3, 0.4) is 0 Å². The molecular formula is C4Cl2F4NaO3. The summed E-state index contributed by atoms with van der Waals surface area (Å²) in [5, 5.41) is -9.09. The number of alkyl halides is 6. The molecule has 3 nitrogen and oxygen atoms in total. The van der Waals surface area contributed by atoms with Gasteiger partial charge in [0, 0.05) is 29.6 Å². The normalized spacial score (nSPS) is 11.6. The van der Waals surface area contributed by atoms with Crippen LogP contribution in [-0.2, 0) is 14.3 Å². The van der Waals surface area contributed by atoms with Gasteiger partial charge in [0.05, 0.1) is 0 Å². The van der Waals surface area contributed by atoms with E-state index in [0.717, 1.165) is 0 Å². The van der Waals surface area contributed by atoms with E-state index in [0.29, 0.717) is 0 Å². The Balaban J connectivity index is 0. The van der Waals surface area contributed by atoms with Crippen LogP contribution in [0.15, 0.2) is 0 Å². The van der Waals surface area contributed by atoms with Crippen LogP contribution in [0.5, 0.6) is 0 Å². The fourth-order valence-electron chi connectivity index (χ4n) is 0.200. The molecular weight excluding hydrogens is 266 g/mol. The number of rotatable bonds is 2. The van der Waals surface area contributed by atoms with E-state index in [2.05, 4.69) is 27.9 Å². The first-order valence-corrected chi connectivity index (χ1v) is 3.21. The minimum absolute atomic E-state index is 0. The minimum Gasteiger partial charge on any atom is -0.382 e. The van der Waals surface area contributed by atoms with Crippen LogP contribution in [-0.4, -0.2) is 52.3 Å². The zero-order valence-electron chi connectivity index (χ0n) is 6.49. The fourth-order valence-corrected chi connectivity index (χ4v) is 0.277. The molecule has 0 saturated carbocycles. The Morgan fingerprint density at radius 2 is 1.14 bits per heavy atom. The number of halogens is 6. The molecule has 1 radical (unpaired) electrons. The van der Waals surface area contributed by atoms with Gasteiger partial charge in [-0.15, -0.1) is 0 Å². The first-order chi connectivity index (χ1) is 5.55. The molecule has 77 valence electrons. The first kappa shape index (κ1) is 16.9. The molecule has 0 aliphatic rings. The maximum atomic E-state index is 11.7. The largest absolute Gasteiger partial charge is 0.418 e. The van der Waals surface area contributed by atoms with E-state index in [1.807, 2.05) is 0 Å². The molecule has 0 spiro atoms. The zero-order chi connectivity index (χ0) is 10.9. The molecule has 0 bridgehead atoms. The van der Waals surface area contributed by atoms with Crippen molar-refractivity contribution in [3.8, 4) is 0 Å². The Morgan fingerprint density at radius 1 is 0.929 bits per heavy atom. The van der Waals surface area contributed by atoms with Crippen LogP contribution < -0.4 is 0 Å². The van der Waals surface area contributed by atoms with Crippen molar-refractivity contribution in [1.82, 2.24) is 0 Å². The van der Waals surface area contributed by atoms with Crippen molar-refractivity contribution >= 4 is 64.7 Å². The molecule has 0 saturated heterocycles. The Bertz CT molecular complexity index is 212. The third kappa shape index (κ3) is 6.02. The summed E-state index contributed by atoms with van der Waals surface area (Å²) in [6.45, 7) is 0. The van der Waals surface area contributed by atoms with Crippen molar-refractivity contribution in [3.63, 3.8) is 0 Å². The molecule has 0 unspecified atom stereocenters. The van der Waals surface area contributed by atoms with Crippen molar-refractivity contribution in [1.29, 1.82) is 0 Å². The van der Waals surface area contributed by atoms with Gasteiger partial charge >= 0.3 is 22.7 Å². The van der Waals surface area contributed by atoms with Gasteiger partial charge in [0.15, 0.2) is 0 Å². The quantitative estimate of drug-likeness (QED) is 0.249. The van der Waals surface area contributed by atoms with Gasteiger partial charge in [-0.3, -0.25) is 0 Å². The molecule has 0 amide bonds. The summed E-state index contributed by atoms with van der Waals surface area (Å²) in [6.07, 6.45) is 0. The van der Waals surface area contributed by atoms with E-state index in [9.17, 15) is 27.2 Å². The second kappa shape index (κ2) is 5.50. The predicted molar refractivity (Wildman–Crippen MR) is 38.5 cm³/mol. The van der Waals surface area contributed by atoms with Gasteiger partial charge in [-0.1, -0.05) is 0 Å². The molecule has 0 fully saturated rings. The van der Waals surface area contributed by atoms with Crippen molar-refractivity contribution < 1.29 is 31.9 Å². The second-order valence-corrected chi connectivity index (χ2v) is 2.62. The van der Waals surface area contributed by atoms with E-state index in [1.165, 1.54) is 0 Å². The molecule has 10 heteroatoms. The Morgan fingerprint density at radius 3 is 1.29 bits per heavy atom. The van der Waals surface area contributed by atoms with Crippen molar-refractivity contribution in [2.45, 2.75) is 10.8 Å². The molecule has 0 heterocycles. The van der Waals surface area contributed by atoms with Gasteiger partial charge in [-0.05, 0) is 23.2 Å². The molecule has 0 aliphatic heterocycles. The van der Waals surface area contributed by atoms with Crippen LogP contribution in [0, 0.1) is 0 Å². The molecule has 0 aromatic heterocycles. The van der Waals surface area contributed by atoms with Gasteiger partial charge in [-0.25, -0.2) is 9.59 Å². The summed E-state index contributed by atoms with van der Waals surface area (Å²) in [6, 6.07) is 0. The molecule has 0 aromatic rings. The Hall–Kier alpha value is 0.440. The average Bonchev–Trinajstić information content (AvgIpc) is 1.82. The maximum absolute atomic E-state index is 11.7. The Kier molecular flexibility index (Phi) is 6.63. The van der Waals surface area contributed by atoms with E-state index < -0.39 is 22.7 Å². The predicted octanol–water partition coefficient (Wildman–Crippen LogP) is 1.34. The summed E-state index contributed by atoms with van der Waals surface area (Å²) < 4.78 is 49.8. The van der Waals surface area contributed by atoms with Gasteiger partial charge in [0.1, 0.15) is 0 Å². The summed E-state index contributed by atoms with van der Waals surface area (Å²) in [4.78, 5) is 20.0. The topological polar surface area (TPSA) is 43.4 Å². The number of ether oxygens (including phenoxy) is 1. The van der Waals surface area contributed by atoms with Crippen LogP contribution in [0.25, 0.3) is 0 Å². The summed E-state index contributed by atoms with van der Waals surface area (Å²) in [5.41, 5.74) is 0. The van der Waals surface area contributed by atoms with E-state index in [-0.39, 0.29) is 29.6 Å². The van der Waals surface area contributed by atoms with Crippen molar-refractivity contribution in [2.24, 2.45) is 0 Å². The van der Waals surface area contributed by atoms with Crippen molar-refractivity contribution in [2.75, 3.05) is 0 Å². The molecule has 0 aromatic carbocycles. The van der Waals surface area contributed by atoms with Gasteiger partial charge < -0.3 is 4.74 Å². The number of hydrogen-bond acceptors (Lipinski definition) is 3. The molecule has 0 N–H and O–H groups in total. The monoisotopic (exact) mass is 265 g/mol. The average molecular weight is 266 g/mol. The number of hydrogen-bond donors (Lipinski definition) is 0.